The molecule has 152 valence electrons. The molecule has 0 saturated heterocycles. The van der Waals surface area contributed by atoms with Crippen molar-refractivity contribution in [2.45, 2.75) is 25.9 Å². The number of esters is 1. The molecule has 1 aromatic heterocycles. The first-order valence-electron chi connectivity index (χ1n) is 8.36. The molecule has 0 aliphatic carbocycles. The number of carbonyl (C=O) groups excluding carboxylic acids is 1. The van der Waals surface area contributed by atoms with Crippen molar-refractivity contribution in [3.63, 3.8) is 0 Å². The molecule has 0 N–H and O–H groups in total. The molecular weight excluding hydrogens is 457 g/mol. The zero-order valence-corrected chi connectivity index (χ0v) is 16.4. The van der Waals surface area contributed by atoms with Crippen molar-refractivity contribution in [3.05, 3.63) is 69.2 Å². The van der Waals surface area contributed by atoms with Crippen molar-refractivity contribution in [3.8, 4) is 5.75 Å². The molecule has 0 unspecified atom stereocenters. The molecule has 6 nitrogen and oxygen atoms in total. The van der Waals surface area contributed by atoms with Crippen LogP contribution in [0.5, 0.6) is 5.75 Å². The summed E-state index contributed by atoms with van der Waals surface area (Å²) in [5.74, 6) is -0.913. The lowest BCUT2D eigenvalue weighted by Gasteiger charge is -2.10. The third kappa shape index (κ3) is 5.80. The summed E-state index contributed by atoms with van der Waals surface area (Å²) in [6, 6.07) is 10.1. The number of hydrogen-bond donors (Lipinski definition) is 0. The topological polar surface area (TPSA) is 70.4 Å². The van der Waals surface area contributed by atoms with Gasteiger partial charge in [-0.1, -0.05) is 28.1 Å². The van der Waals surface area contributed by atoms with Crippen molar-refractivity contribution in [2.24, 2.45) is 0 Å². The van der Waals surface area contributed by atoms with E-state index in [4.69, 9.17) is 4.74 Å². The van der Waals surface area contributed by atoms with Crippen LogP contribution in [0.4, 0.5) is 13.2 Å². The minimum Gasteiger partial charge on any atom is -0.461 e. The number of benzene rings is 2. The highest BCUT2D eigenvalue weighted by molar-refractivity contribution is 9.10. The van der Waals surface area contributed by atoms with E-state index in [0.29, 0.717) is 16.5 Å². The first-order valence-corrected chi connectivity index (χ1v) is 9.15. The van der Waals surface area contributed by atoms with E-state index in [-0.39, 0.29) is 30.9 Å². The summed E-state index contributed by atoms with van der Waals surface area (Å²) in [5, 5.41) is 0.427. The lowest BCUT2D eigenvalue weighted by Crippen LogP contribution is -2.22. The van der Waals surface area contributed by atoms with Crippen molar-refractivity contribution < 1.29 is 27.4 Å². The highest BCUT2D eigenvalue weighted by atomic mass is 79.9. The fourth-order valence-corrected chi connectivity index (χ4v) is 2.89. The zero-order chi connectivity index (χ0) is 21.0. The number of fused-ring (bicyclic) bond motifs is 1. The quantitative estimate of drug-likeness (QED) is 0.505. The Balaban J connectivity index is 1.54. The summed E-state index contributed by atoms with van der Waals surface area (Å²) in [4.78, 5) is 28.6. The molecule has 3 rings (SSSR count). The summed E-state index contributed by atoms with van der Waals surface area (Å²) < 4.78 is 47.3. The van der Waals surface area contributed by atoms with Gasteiger partial charge in [-0.25, -0.2) is 4.98 Å². The summed E-state index contributed by atoms with van der Waals surface area (Å²) in [5.41, 5.74) is 0.779. The van der Waals surface area contributed by atoms with Gasteiger partial charge in [-0.05, 0) is 35.9 Å². The van der Waals surface area contributed by atoms with Crippen molar-refractivity contribution in [2.75, 3.05) is 0 Å². The maximum Gasteiger partial charge on any atom is 0.573 e. The molecule has 29 heavy (non-hydrogen) atoms. The number of nitrogens with zero attached hydrogens (tertiary/aromatic N) is 2. The van der Waals surface area contributed by atoms with Crippen molar-refractivity contribution in [1.82, 2.24) is 9.55 Å². The van der Waals surface area contributed by atoms with Gasteiger partial charge in [0.2, 0.25) is 0 Å². The molecule has 0 saturated carbocycles. The second-order valence-corrected chi connectivity index (χ2v) is 6.92. The molecule has 0 amide bonds. The summed E-state index contributed by atoms with van der Waals surface area (Å²) in [6.45, 7) is -0.0194. The maximum atomic E-state index is 12.5. The largest absolute Gasteiger partial charge is 0.573 e. The second kappa shape index (κ2) is 8.64. The first-order chi connectivity index (χ1) is 13.7. The number of aryl methyl sites for hydroxylation is 1. The van der Waals surface area contributed by atoms with Gasteiger partial charge < -0.3 is 9.47 Å². The van der Waals surface area contributed by atoms with E-state index in [9.17, 15) is 22.8 Å². The highest BCUT2D eigenvalue weighted by Crippen LogP contribution is 2.23. The molecule has 0 spiro atoms. The standard InChI is InChI=1S/C19H14BrF3N2O4/c20-13-3-6-16-15(9-13)18(27)25(11-24-16)8-7-17(26)28-10-12-1-4-14(5-2-12)29-19(21,22)23/h1-6,9,11H,7-8,10H2. The van der Waals surface area contributed by atoms with Gasteiger partial charge in [0.25, 0.3) is 5.56 Å². The molecule has 2 aromatic carbocycles. The van der Waals surface area contributed by atoms with Crippen LogP contribution in [0.25, 0.3) is 10.9 Å². The van der Waals surface area contributed by atoms with Gasteiger partial charge in [-0.2, -0.15) is 0 Å². The second-order valence-electron chi connectivity index (χ2n) is 6.01. The Kier molecular flexibility index (Phi) is 6.21. The Hall–Kier alpha value is -2.88. The van der Waals surface area contributed by atoms with Gasteiger partial charge in [0.15, 0.2) is 0 Å². The number of hydrogen-bond acceptors (Lipinski definition) is 5. The lowest BCUT2D eigenvalue weighted by atomic mass is 10.2. The van der Waals surface area contributed by atoms with Gasteiger partial charge in [0, 0.05) is 11.0 Å². The Bertz CT molecular complexity index is 1080. The fourth-order valence-electron chi connectivity index (χ4n) is 2.53. The van der Waals surface area contributed by atoms with E-state index in [1.165, 1.54) is 23.0 Å². The Morgan fingerprint density at radius 2 is 1.86 bits per heavy atom. The number of alkyl halides is 3. The van der Waals surface area contributed by atoms with Gasteiger partial charge in [0.1, 0.15) is 12.4 Å². The first kappa shape index (κ1) is 20.8. The average Bonchev–Trinajstić information content (AvgIpc) is 2.66. The Labute approximate surface area is 171 Å². The molecule has 0 radical (unpaired) electrons. The number of ether oxygens (including phenoxy) is 2. The lowest BCUT2D eigenvalue weighted by molar-refractivity contribution is -0.274. The van der Waals surface area contributed by atoms with Crippen molar-refractivity contribution >= 4 is 32.8 Å². The average molecular weight is 471 g/mol. The molecule has 0 bridgehead atoms. The predicted octanol–water partition coefficient (Wildman–Crippen LogP) is 4.19. The third-order valence-electron chi connectivity index (χ3n) is 3.90. The number of aromatic nitrogens is 2. The fraction of sp³-hybridized carbons (Fsp3) is 0.211. The number of carbonyl (C=O) groups is 1. The van der Waals surface area contributed by atoms with Crippen LogP contribution in [0.3, 0.4) is 0 Å². The van der Waals surface area contributed by atoms with Gasteiger partial charge in [0.05, 0.1) is 23.7 Å². The smallest absolute Gasteiger partial charge is 0.461 e. The Morgan fingerprint density at radius 3 is 2.55 bits per heavy atom. The van der Waals surface area contributed by atoms with E-state index in [1.807, 2.05) is 0 Å². The zero-order valence-electron chi connectivity index (χ0n) is 14.8. The van der Waals surface area contributed by atoms with Gasteiger partial charge in [-0.3, -0.25) is 14.2 Å². The van der Waals surface area contributed by atoms with E-state index in [0.717, 1.165) is 16.6 Å². The molecule has 10 heteroatoms. The van der Waals surface area contributed by atoms with Crippen LogP contribution in [0.15, 0.2) is 58.1 Å². The van der Waals surface area contributed by atoms with Gasteiger partial charge >= 0.3 is 12.3 Å². The summed E-state index contributed by atoms with van der Waals surface area (Å²) in [7, 11) is 0. The number of rotatable bonds is 6. The minimum atomic E-state index is -4.76. The molecule has 1 heterocycles. The van der Waals surface area contributed by atoms with Crippen LogP contribution in [0.1, 0.15) is 12.0 Å². The van der Waals surface area contributed by atoms with E-state index < -0.39 is 12.3 Å². The van der Waals surface area contributed by atoms with Crippen molar-refractivity contribution in [1.29, 1.82) is 0 Å². The van der Waals surface area contributed by atoms with Crippen LogP contribution in [0.2, 0.25) is 0 Å². The molecule has 0 atom stereocenters. The van der Waals surface area contributed by atoms with Crippen LogP contribution in [-0.2, 0) is 22.7 Å². The van der Waals surface area contributed by atoms with Crippen LogP contribution in [-0.4, -0.2) is 21.9 Å². The number of halogens is 4. The summed E-state index contributed by atoms with van der Waals surface area (Å²) in [6.07, 6.45) is -3.46. The van der Waals surface area contributed by atoms with E-state index in [1.54, 1.807) is 18.2 Å². The van der Waals surface area contributed by atoms with E-state index in [2.05, 4.69) is 25.7 Å². The summed E-state index contributed by atoms with van der Waals surface area (Å²) >= 11 is 3.30. The maximum absolute atomic E-state index is 12.5. The molecule has 0 aliphatic rings. The van der Waals surface area contributed by atoms with Crippen LogP contribution in [0, 0.1) is 0 Å². The molecule has 3 aromatic rings. The molecule has 0 aliphatic heterocycles. The SMILES string of the molecule is O=C(CCn1cnc2ccc(Br)cc2c1=O)OCc1ccc(OC(F)(F)F)cc1. The Morgan fingerprint density at radius 1 is 1.14 bits per heavy atom. The monoisotopic (exact) mass is 470 g/mol. The normalized spacial score (nSPS) is 11.4. The highest BCUT2D eigenvalue weighted by Gasteiger charge is 2.30. The van der Waals surface area contributed by atoms with Gasteiger partial charge in [-0.15, -0.1) is 13.2 Å². The molecular formula is C19H14BrF3N2O4. The van der Waals surface area contributed by atoms with Crippen LogP contribution < -0.4 is 10.3 Å². The van der Waals surface area contributed by atoms with E-state index >= 15 is 0 Å². The minimum absolute atomic E-state index is 0.0592. The van der Waals surface area contributed by atoms with Crippen LogP contribution >= 0.6 is 15.9 Å². The predicted molar refractivity (Wildman–Crippen MR) is 101 cm³/mol. The molecule has 0 fully saturated rings. The third-order valence-corrected chi connectivity index (χ3v) is 4.39.